The van der Waals surface area contributed by atoms with Crippen molar-refractivity contribution in [1.29, 1.82) is 0 Å². The molecule has 0 aliphatic carbocycles. The number of benzene rings is 1. The Morgan fingerprint density at radius 3 is 2.59 bits per heavy atom. The lowest BCUT2D eigenvalue weighted by Gasteiger charge is -2.17. The summed E-state index contributed by atoms with van der Waals surface area (Å²) >= 11 is 0. The lowest BCUT2D eigenvalue weighted by atomic mass is 10.2. The Balaban J connectivity index is 2.76. The van der Waals surface area contributed by atoms with Crippen LogP contribution in [-0.4, -0.2) is 38.0 Å². The Morgan fingerprint density at radius 2 is 2.00 bits per heavy atom. The number of para-hydroxylation sites is 1. The number of nitrogens with zero attached hydrogens (tertiary/aromatic N) is 1. The molecule has 0 spiro atoms. The van der Waals surface area contributed by atoms with Crippen LogP contribution in [0.25, 0.3) is 0 Å². The SMILES string of the molecule is CN(CCCO)S(=O)(=O)Cc1ccccc1N. The summed E-state index contributed by atoms with van der Waals surface area (Å²) < 4.78 is 25.1. The first-order valence-corrected chi connectivity index (χ1v) is 6.96. The van der Waals surface area contributed by atoms with Gasteiger partial charge in [-0.25, -0.2) is 12.7 Å². The molecular formula is C11H18N2O3S. The third kappa shape index (κ3) is 3.99. The number of sulfonamides is 1. The van der Waals surface area contributed by atoms with Crippen LogP contribution in [0.2, 0.25) is 0 Å². The van der Waals surface area contributed by atoms with Crippen LogP contribution in [0.1, 0.15) is 12.0 Å². The summed E-state index contributed by atoms with van der Waals surface area (Å²) in [5.74, 6) is -0.110. The smallest absolute Gasteiger partial charge is 0.218 e. The van der Waals surface area contributed by atoms with Crippen molar-refractivity contribution in [2.45, 2.75) is 12.2 Å². The zero-order valence-electron chi connectivity index (χ0n) is 9.83. The van der Waals surface area contributed by atoms with Gasteiger partial charge in [0.1, 0.15) is 0 Å². The van der Waals surface area contributed by atoms with Crippen LogP contribution in [0.3, 0.4) is 0 Å². The van der Waals surface area contributed by atoms with Crippen molar-refractivity contribution >= 4 is 15.7 Å². The summed E-state index contributed by atoms with van der Waals surface area (Å²) in [6, 6.07) is 6.90. The van der Waals surface area contributed by atoms with E-state index in [4.69, 9.17) is 10.8 Å². The number of nitrogen functional groups attached to an aromatic ring is 1. The van der Waals surface area contributed by atoms with Crippen LogP contribution in [0, 0.1) is 0 Å². The maximum absolute atomic E-state index is 11.9. The number of hydrogen-bond donors (Lipinski definition) is 2. The Morgan fingerprint density at radius 1 is 1.35 bits per heavy atom. The van der Waals surface area contributed by atoms with Crippen LogP contribution < -0.4 is 5.73 Å². The molecule has 0 aliphatic heterocycles. The normalized spacial score (nSPS) is 11.9. The third-order valence-corrected chi connectivity index (χ3v) is 4.31. The Kier molecular flexibility index (Phi) is 4.92. The molecule has 0 unspecified atom stereocenters. The van der Waals surface area contributed by atoms with E-state index >= 15 is 0 Å². The highest BCUT2D eigenvalue weighted by molar-refractivity contribution is 7.88. The van der Waals surface area contributed by atoms with Crippen molar-refractivity contribution < 1.29 is 13.5 Å². The minimum absolute atomic E-state index is 0.0205. The molecule has 1 aromatic rings. The number of rotatable bonds is 6. The van der Waals surface area contributed by atoms with E-state index in [2.05, 4.69) is 0 Å². The lowest BCUT2D eigenvalue weighted by molar-refractivity contribution is 0.275. The molecule has 0 amide bonds. The molecule has 6 heteroatoms. The van der Waals surface area contributed by atoms with Gasteiger partial charge in [0.15, 0.2) is 0 Å². The van der Waals surface area contributed by atoms with Crippen molar-refractivity contribution in [3.63, 3.8) is 0 Å². The minimum Gasteiger partial charge on any atom is -0.398 e. The molecule has 1 rings (SSSR count). The molecule has 0 saturated heterocycles. The summed E-state index contributed by atoms with van der Waals surface area (Å²) in [7, 11) is -1.86. The van der Waals surface area contributed by atoms with E-state index < -0.39 is 10.0 Å². The average Bonchev–Trinajstić information content (AvgIpc) is 2.28. The fourth-order valence-electron chi connectivity index (χ4n) is 1.40. The highest BCUT2D eigenvalue weighted by Gasteiger charge is 2.18. The molecule has 0 heterocycles. The standard InChI is InChI=1S/C11H18N2O3S/c1-13(7-4-8-14)17(15,16)9-10-5-2-3-6-11(10)12/h2-3,5-6,14H,4,7-9,12H2,1H3. The van der Waals surface area contributed by atoms with Crippen LogP contribution in [0.5, 0.6) is 0 Å². The van der Waals surface area contributed by atoms with Gasteiger partial charge in [-0.3, -0.25) is 0 Å². The maximum Gasteiger partial charge on any atom is 0.218 e. The van der Waals surface area contributed by atoms with Gasteiger partial charge in [-0.1, -0.05) is 18.2 Å². The van der Waals surface area contributed by atoms with Gasteiger partial charge in [0, 0.05) is 25.9 Å². The summed E-state index contributed by atoms with van der Waals surface area (Å²) in [4.78, 5) is 0. The molecule has 0 aliphatic rings. The Bertz CT molecular complexity index is 460. The minimum atomic E-state index is -3.37. The van der Waals surface area contributed by atoms with E-state index in [1.807, 2.05) is 0 Å². The van der Waals surface area contributed by atoms with Crippen molar-refractivity contribution in [1.82, 2.24) is 4.31 Å². The van der Waals surface area contributed by atoms with E-state index in [1.165, 1.54) is 11.4 Å². The van der Waals surface area contributed by atoms with Gasteiger partial charge >= 0.3 is 0 Å². The second-order valence-corrected chi connectivity index (χ2v) is 5.93. The summed E-state index contributed by atoms with van der Waals surface area (Å²) in [6.07, 6.45) is 0.431. The summed E-state index contributed by atoms with van der Waals surface area (Å²) in [5.41, 5.74) is 6.78. The highest BCUT2D eigenvalue weighted by Crippen LogP contribution is 2.16. The van der Waals surface area contributed by atoms with Crippen molar-refractivity contribution in [3.05, 3.63) is 29.8 Å². The Hall–Kier alpha value is -1.11. The van der Waals surface area contributed by atoms with Crippen molar-refractivity contribution in [2.75, 3.05) is 25.9 Å². The zero-order chi connectivity index (χ0) is 12.9. The highest BCUT2D eigenvalue weighted by atomic mass is 32.2. The van der Waals surface area contributed by atoms with E-state index in [1.54, 1.807) is 24.3 Å². The predicted octanol–water partition coefficient (Wildman–Crippen LogP) is 0.413. The molecule has 96 valence electrons. The van der Waals surface area contributed by atoms with E-state index in [0.29, 0.717) is 24.2 Å². The number of nitrogens with two attached hydrogens (primary N) is 1. The molecule has 0 bridgehead atoms. The van der Waals surface area contributed by atoms with Gasteiger partial charge < -0.3 is 10.8 Å². The van der Waals surface area contributed by atoms with Gasteiger partial charge in [0.25, 0.3) is 0 Å². The first-order valence-electron chi connectivity index (χ1n) is 5.35. The largest absolute Gasteiger partial charge is 0.398 e. The zero-order valence-corrected chi connectivity index (χ0v) is 10.7. The van der Waals surface area contributed by atoms with Gasteiger partial charge in [-0.15, -0.1) is 0 Å². The molecular weight excluding hydrogens is 240 g/mol. The predicted molar refractivity (Wildman–Crippen MR) is 67.8 cm³/mol. The number of hydrogen-bond acceptors (Lipinski definition) is 4. The van der Waals surface area contributed by atoms with Crippen molar-refractivity contribution in [3.8, 4) is 0 Å². The average molecular weight is 258 g/mol. The first-order chi connectivity index (χ1) is 7.97. The third-order valence-electron chi connectivity index (χ3n) is 2.50. The summed E-state index contributed by atoms with van der Waals surface area (Å²) in [5, 5.41) is 8.67. The number of aliphatic hydroxyl groups excluding tert-OH is 1. The lowest BCUT2D eigenvalue weighted by Crippen LogP contribution is -2.29. The van der Waals surface area contributed by atoms with Crippen molar-refractivity contribution in [2.24, 2.45) is 0 Å². The quantitative estimate of drug-likeness (QED) is 0.724. The monoisotopic (exact) mass is 258 g/mol. The summed E-state index contributed by atoms with van der Waals surface area (Å²) in [6.45, 7) is 0.291. The molecule has 1 aromatic carbocycles. The van der Waals surface area contributed by atoms with Crippen LogP contribution in [-0.2, 0) is 15.8 Å². The molecule has 0 atom stereocenters. The van der Waals surface area contributed by atoms with Gasteiger partial charge in [-0.05, 0) is 18.1 Å². The second kappa shape index (κ2) is 6.00. The van der Waals surface area contributed by atoms with Crippen LogP contribution in [0.4, 0.5) is 5.69 Å². The topological polar surface area (TPSA) is 83.6 Å². The fraction of sp³-hybridized carbons (Fsp3) is 0.455. The molecule has 3 N–H and O–H groups in total. The van der Waals surface area contributed by atoms with E-state index in [9.17, 15) is 8.42 Å². The molecule has 0 fully saturated rings. The maximum atomic E-state index is 11.9. The molecule has 0 radical (unpaired) electrons. The van der Waals surface area contributed by atoms with Gasteiger partial charge in [0.2, 0.25) is 10.0 Å². The van der Waals surface area contributed by atoms with Crippen LogP contribution >= 0.6 is 0 Å². The fourth-order valence-corrected chi connectivity index (χ4v) is 2.69. The molecule has 17 heavy (non-hydrogen) atoms. The first kappa shape index (κ1) is 14.0. The number of aliphatic hydroxyl groups is 1. The second-order valence-electron chi connectivity index (χ2n) is 3.85. The van der Waals surface area contributed by atoms with Gasteiger partial charge in [0.05, 0.1) is 5.75 Å². The number of anilines is 1. The Labute approximate surface area is 102 Å². The molecule has 0 saturated carbocycles. The molecule has 5 nitrogen and oxygen atoms in total. The van der Waals surface area contributed by atoms with E-state index in [0.717, 1.165) is 0 Å². The van der Waals surface area contributed by atoms with Gasteiger partial charge in [-0.2, -0.15) is 0 Å². The van der Waals surface area contributed by atoms with E-state index in [-0.39, 0.29) is 12.4 Å². The van der Waals surface area contributed by atoms with Crippen LogP contribution in [0.15, 0.2) is 24.3 Å². The molecule has 0 aromatic heterocycles.